The number of hydrogen-bond donors (Lipinski definition) is 2. The molecule has 0 spiro atoms. The van der Waals surface area contributed by atoms with Crippen LogP contribution in [0, 0.1) is 13.8 Å². The van der Waals surface area contributed by atoms with E-state index in [4.69, 9.17) is 0 Å². The summed E-state index contributed by atoms with van der Waals surface area (Å²) in [5.74, 6) is 0.597. The lowest BCUT2D eigenvalue weighted by molar-refractivity contribution is 1.04. The molecular formula is C14H13BrN6. The van der Waals surface area contributed by atoms with Gasteiger partial charge in [-0.05, 0) is 49.7 Å². The number of rotatable bonds is 3. The van der Waals surface area contributed by atoms with Crippen LogP contribution in [-0.4, -0.2) is 15.2 Å². The Kier molecular flexibility index (Phi) is 3.66. The molecule has 0 saturated heterocycles. The molecule has 0 amide bonds. The van der Waals surface area contributed by atoms with Gasteiger partial charge in [-0.2, -0.15) is 5.10 Å². The molecule has 1 aromatic carbocycles. The smallest absolute Gasteiger partial charge is 0.183 e. The van der Waals surface area contributed by atoms with Crippen LogP contribution >= 0.6 is 15.9 Å². The number of aromatic amines is 1. The monoisotopic (exact) mass is 344 g/mol. The fourth-order valence-electron chi connectivity index (χ4n) is 2.08. The molecule has 0 bridgehead atoms. The minimum atomic E-state index is 0.597. The number of hydrogen-bond acceptors (Lipinski definition) is 4. The third kappa shape index (κ3) is 2.92. The van der Waals surface area contributed by atoms with E-state index in [-0.39, 0.29) is 0 Å². The van der Waals surface area contributed by atoms with Gasteiger partial charge in [0.25, 0.3) is 0 Å². The highest BCUT2D eigenvalue weighted by molar-refractivity contribution is 9.10. The predicted molar refractivity (Wildman–Crippen MR) is 85.6 cm³/mol. The van der Waals surface area contributed by atoms with Crippen molar-refractivity contribution in [1.82, 2.24) is 15.2 Å². The van der Waals surface area contributed by atoms with Gasteiger partial charge in [0.15, 0.2) is 11.5 Å². The van der Waals surface area contributed by atoms with Gasteiger partial charge in [0.2, 0.25) is 0 Å². The summed E-state index contributed by atoms with van der Waals surface area (Å²) in [5.41, 5.74) is 6.40. The van der Waals surface area contributed by atoms with Gasteiger partial charge < -0.3 is 0 Å². The van der Waals surface area contributed by atoms with Crippen molar-refractivity contribution in [2.45, 2.75) is 13.8 Å². The molecule has 0 aliphatic carbocycles. The third-order valence-electron chi connectivity index (χ3n) is 3.00. The Labute approximate surface area is 129 Å². The van der Waals surface area contributed by atoms with E-state index < -0.39 is 0 Å². The molecule has 0 aliphatic rings. The second-order valence-electron chi connectivity index (χ2n) is 4.67. The first-order valence-corrected chi connectivity index (χ1v) is 7.17. The van der Waals surface area contributed by atoms with Gasteiger partial charge in [0, 0.05) is 10.2 Å². The van der Waals surface area contributed by atoms with Crippen molar-refractivity contribution in [3.63, 3.8) is 0 Å². The number of aromatic nitrogens is 3. The molecule has 6 nitrogen and oxygen atoms in total. The molecule has 106 valence electrons. The van der Waals surface area contributed by atoms with Gasteiger partial charge in [-0.3, -0.25) is 10.5 Å². The number of nitrogens with zero attached hydrogens (tertiary/aromatic N) is 4. The van der Waals surface area contributed by atoms with E-state index in [9.17, 15) is 0 Å². The van der Waals surface area contributed by atoms with Crippen molar-refractivity contribution >= 4 is 38.5 Å². The highest BCUT2D eigenvalue weighted by Crippen LogP contribution is 2.26. The first kappa shape index (κ1) is 13.7. The number of pyridine rings is 1. The highest BCUT2D eigenvalue weighted by atomic mass is 79.9. The zero-order valence-electron chi connectivity index (χ0n) is 11.6. The largest absolute Gasteiger partial charge is 0.260 e. The Morgan fingerprint density at radius 3 is 2.71 bits per heavy atom. The normalized spacial score (nSPS) is 11.4. The molecule has 0 saturated carbocycles. The number of fused-ring (bicyclic) bond motifs is 1. The fraction of sp³-hybridized carbons (Fsp3) is 0.143. The standard InChI is InChI=1S/C14H13BrN6/c1-8-7-9(2)16-13-12(8)14(19-18-13)20-21-17-11-5-3-10(15)4-6-11/h3-7H,1-2H3,(H2,16,17,18,19,20). The van der Waals surface area contributed by atoms with Crippen LogP contribution in [0.25, 0.3) is 11.0 Å². The van der Waals surface area contributed by atoms with Gasteiger partial charge >= 0.3 is 0 Å². The van der Waals surface area contributed by atoms with Crippen LogP contribution in [0.4, 0.5) is 11.5 Å². The topological polar surface area (TPSA) is 78.3 Å². The summed E-state index contributed by atoms with van der Waals surface area (Å²) in [5, 5.41) is 16.0. The molecule has 0 fully saturated rings. The van der Waals surface area contributed by atoms with Crippen LogP contribution in [-0.2, 0) is 0 Å². The Hall–Kier alpha value is -2.28. The van der Waals surface area contributed by atoms with Gasteiger partial charge in [0.1, 0.15) is 0 Å². The number of aryl methyl sites for hydroxylation is 2. The minimum absolute atomic E-state index is 0.597. The van der Waals surface area contributed by atoms with Gasteiger partial charge in [-0.25, -0.2) is 4.98 Å². The van der Waals surface area contributed by atoms with Crippen LogP contribution in [0.2, 0.25) is 0 Å². The lowest BCUT2D eigenvalue weighted by Crippen LogP contribution is -1.86. The molecule has 0 radical (unpaired) electrons. The van der Waals surface area contributed by atoms with Gasteiger partial charge in [-0.15, -0.1) is 5.11 Å². The number of nitrogens with one attached hydrogen (secondary N) is 2. The van der Waals surface area contributed by atoms with Crippen LogP contribution in [0.1, 0.15) is 11.3 Å². The Morgan fingerprint density at radius 2 is 1.95 bits per heavy atom. The Balaban J connectivity index is 1.84. The summed E-state index contributed by atoms with van der Waals surface area (Å²) in [6, 6.07) is 9.67. The van der Waals surface area contributed by atoms with Crippen LogP contribution in [0.3, 0.4) is 0 Å². The number of H-pyrrole nitrogens is 1. The first-order chi connectivity index (χ1) is 10.1. The summed E-state index contributed by atoms with van der Waals surface area (Å²) in [6.07, 6.45) is 0. The Morgan fingerprint density at radius 1 is 1.19 bits per heavy atom. The maximum absolute atomic E-state index is 4.36. The van der Waals surface area contributed by atoms with Crippen LogP contribution in [0.15, 0.2) is 45.1 Å². The van der Waals surface area contributed by atoms with Crippen LogP contribution < -0.4 is 5.43 Å². The lowest BCUT2D eigenvalue weighted by atomic mass is 10.2. The second-order valence-corrected chi connectivity index (χ2v) is 5.59. The zero-order chi connectivity index (χ0) is 14.8. The molecule has 7 heteroatoms. The molecule has 3 rings (SSSR count). The average molecular weight is 345 g/mol. The highest BCUT2D eigenvalue weighted by Gasteiger charge is 2.09. The summed E-state index contributed by atoms with van der Waals surface area (Å²) in [6.45, 7) is 3.95. The van der Waals surface area contributed by atoms with E-state index in [1.165, 1.54) is 0 Å². The lowest BCUT2D eigenvalue weighted by Gasteiger charge is -1.99. The van der Waals surface area contributed by atoms with E-state index in [1.54, 1.807) is 0 Å². The van der Waals surface area contributed by atoms with Crippen LogP contribution in [0.5, 0.6) is 0 Å². The van der Waals surface area contributed by atoms with Gasteiger partial charge in [-0.1, -0.05) is 21.2 Å². The molecule has 0 aliphatic heterocycles. The molecule has 0 atom stereocenters. The number of benzene rings is 1. The fourth-order valence-corrected chi connectivity index (χ4v) is 2.35. The third-order valence-corrected chi connectivity index (χ3v) is 3.53. The molecule has 0 unspecified atom stereocenters. The van der Waals surface area contributed by atoms with Gasteiger partial charge in [0.05, 0.1) is 11.1 Å². The van der Waals surface area contributed by atoms with Crippen molar-refractivity contribution in [3.05, 3.63) is 46.1 Å². The van der Waals surface area contributed by atoms with Crippen molar-refractivity contribution in [2.75, 3.05) is 5.43 Å². The molecule has 2 heterocycles. The quantitative estimate of drug-likeness (QED) is 0.544. The molecule has 2 aromatic heterocycles. The van der Waals surface area contributed by atoms with E-state index in [0.717, 1.165) is 26.8 Å². The maximum Gasteiger partial charge on any atom is 0.183 e. The molecule has 21 heavy (non-hydrogen) atoms. The average Bonchev–Trinajstić information content (AvgIpc) is 2.84. The number of halogens is 1. The molecule has 3 aromatic rings. The number of anilines is 1. The minimum Gasteiger partial charge on any atom is -0.260 e. The SMILES string of the molecule is Cc1cc(C)c2c(/N=N/Nc3ccc(Br)cc3)[nH]nc2n1. The Bertz CT molecular complexity index is 806. The first-order valence-electron chi connectivity index (χ1n) is 6.38. The maximum atomic E-state index is 4.36. The van der Waals surface area contributed by atoms with E-state index in [0.29, 0.717) is 11.5 Å². The van der Waals surface area contributed by atoms with Crippen molar-refractivity contribution in [1.29, 1.82) is 0 Å². The zero-order valence-corrected chi connectivity index (χ0v) is 13.1. The molecular weight excluding hydrogens is 332 g/mol. The predicted octanol–water partition coefficient (Wildman–Crippen LogP) is 4.45. The van der Waals surface area contributed by atoms with Crippen molar-refractivity contribution in [3.8, 4) is 0 Å². The molecule has 2 N–H and O–H groups in total. The summed E-state index contributed by atoms with van der Waals surface area (Å²) < 4.78 is 1.02. The summed E-state index contributed by atoms with van der Waals surface area (Å²) in [7, 11) is 0. The van der Waals surface area contributed by atoms with E-state index in [1.807, 2.05) is 44.2 Å². The van der Waals surface area contributed by atoms with Crippen molar-refractivity contribution < 1.29 is 0 Å². The summed E-state index contributed by atoms with van der Waals surface area (Å²) in [4.78, 5) is 4.36. The van der Waals surface area contributed by atoms with Crippen molar-refractivity contribution in [2.24, 2.45) is 10.3 Å². The van der Waals surface area contributed by atoms with E-state index >= 15 is 0 Å². The summed E-state index contributed by atoms with van der Waals surface area (Å²) >= 11 is 3.38. The van der Waals surface area contributed by atoms with E-state index in [2.05, 4.69) is 46.9 Å². The second kappa shape index (κ2) is 5.61.